The van der Waals surface area contributed by atoms with E-state index in [0.29, 0.717) is 16.6 Å². The smallest absolute Gasteiger partial charge is 0.264 e. The van der Waals surface area contributed by atoms with Gasteiger partial charge in [0.15, 0.2) is 11.7 Å². The standard InChI is InChI=1S/C22H22N2O3S/c1-14-7-8-18(20-13-23-22(27-20)16-9-10-16)12-21(14)28(25,26)24-15(2)11-17-5-3-4-6-19(17)24/h3-8,12-13,15-16H,9-11H2,1-2H3/t15-/m1/s1. The van der Waals surface area contributed by atoms with E-state index in [9.17, 15) is 8.42 Å². The quantitative estimate of drug-likeness (QED) is 0.645. The van der Waals surface area contributed by atoms with Crippen molar-refractivity contribution in [2.75, 3.05) is 4.31 Å². The molecular formula is C22H22N2O3S. The second-order valence-electron chi connectivity index (χ2n) is 7.80. The average molecular weight is 394 g/mol. The van der Waals surface area contributed by atoms with Crippen molar-refractivity contribution in [3.05, 3.63) is 65.7 Å². The number of para-hydroxylation sites is 1. The maximum atomic E-state index is 13.6. The molecule has 3 aromatic rings. The molecule has 6 heteroatoms. The lowest BCUT2D eigenvalue weighted by atomic mass is 10.1. The summed E-state index contributed by atoms with van der Waals surface area (Å²) < 4.78 is 34.7. The van der Waals surface area contributed by atoms with Crippen molar-refractivity contribution in [1.29, 1.82) is 0 Å². The first kappa shape index (κ1) is 17.5. The fourth-order valence-corrected chi connectivity index (χ4v) is 5.93. The van der Waals surface area contributed by atoms with Gasteiger partial charge in [-0.3, -0.25) is 4.31 Å². The van der Waals surface area contributed by atoms with Gasteiger partial charge >= 0.3 is 0 Å². The van der Waals surface area contributed by atoms with Gasteiger partial charge in [-0.25, -0.2) is 13.4 Å². The number of sulfonamides is 1. The van der Waals surface area contributed by atoms with Crippen molar-refractivity contribution in [2.24, 2.45) is 0 Å². The number of hydrogen-bond donors (Lipinski definition) is 0. The molecule has 0 saturated heterocycles. The predicted molar refractivity (Wildman–Crippen MR) is 108 cm³/mol. The number of aryl methyl sites for hydroxylation is 1. The van der Waals surface area contributed by atoms with Crippen molar-refractivity contribution in [3.8, 4) is 11.3 Å². The summed E-state index contributed by atoms with van der Waals surface area (Å²) in [5, 5.41) is 0. The van der Waals surface area contributed by atoms with Crippen LogP contribution in [-0.2, 0) is 16.4 Å². The van der Waals surface area contributed by atoms with Crippen LogP contribution in [0.1, 0.15) is 42.7 Å². The number of anilines is 1. The lowest BCUT2D eigenvalue weighted by Crippen LogP contribution is -2.36. The van der Waals surface area contributed by atoms with Crippen molar-refractivity contribution >= 4 is 15.7 Å². The van der Waals surface area contributed by atoms with Gasteiger partial charge in [0, 0.05) is 17.5 Å². The van der Waals surface area contributed by atoms with Crippen molar-refractivity contribution < 1.29 is 12.8 Å². The molecule has 0 radical (unpaired) electrons. The molecule has 5 nitrogen and oxygen atoms in total. The van der Waals surface area contributed by atoms with Crippen molar-refractivity contribution in [3.63, 3.8) is 0 Å². The van der Waals surface area contributed by atoms with Crippen LogP contribution < -0.4 is 4.31 Å². The number of nitrogens with zero attached hydrogens (tertiary/aromatic N) is 2. The Morgan fingerprint density at radius 2 is 1.93 bits per heavy atom. The first-order chi connectivity index (χ1) is 13.4. The number of hydrogen-bond acceptors (Lipinski definition) is 4. The van der Waals surface area contributed by atoms with E-state index in [1.54, 1.807) is 16.6 Å². The monoisotopic (exact) mass is 394 g/mol. The molecule has 5 rings (SSSR count). The molecule has 2 aromatic carbocycles. The van der Waals surface area contributed by atoms with E-state index < -0.39 is 10.0 Å². The van der Waals surface area contributed by atoms with Gasteiger partial charge in [0.05, 0.1) is 16.8 Å². The number of benzene rings is 2. The molecule has 1 atom stereocenters. The Bertz CT molecular complexity index is 1160. The summed E-state index contributed by atoms with van der Waals surface area (Å²) in [5.74, 6) is 1.79. The first-order valence-corrected chi connectivity index (χ1v) is 11.1. The Morgan fingerprint density at radius 3 is 2.71 bits per heavy atom. The highest BCUT2D eigenvalue weighted by Gasteiger charge is 2.37. The van der Waals surface area contributed by atoms with Crippen LogP contribution in [0.15, 0.2) is 58.0 Å². The Balaban J connectivity index is 1.58. The molecule has 1 aromatic heterocycles. The zero-order valence-corrected chi connectivity index (χ0v) is 16.7. The summed E-state index contributed by atoms with van der Waals surface area (Å²) in [5.41, 5.74) is 3.30. The van der Waals surface area contributed by atoms with Crippen LogP contribution >= 0.6 is 0 Å². The topological polar surface area (TPSA) is 63.4 Å². The highest BCUT2D eigenvalue weighted by molar-refractivity contribution is 7.93. The molecular weight excluding hydrogens is 372 g/mol. The van der Waals surface area contributed by atoms with E-state index in [1.165, 1.54) is 0 Å². The summed E-state index contributed by atoms with van der Waals surface area (Å²) in [7, 11) is -3.69. The number of fused-ring (bicyclic) bond motifs is 1. The van der Waals surface area contributed by atoms with Crippen LogP contribution in [-0.4, -0.2) is 19.4 Å². The summed E-state index contributed by atoms with van der Waals surface area (Å²) in [6.07, 6.45) is 4.64. The summed E-state index contributed by atoms with van der Waals surface area (Å²) in [6.45, 7) is 3.79. The lowest BCUT2D eigenvalue weighted by Gasteiger charge is -2.25. The normalized spacial score (nSPS) is 19.1. The third-order valence-electron chi connectivity index (χ3n) is 5.60. The molecule has 1 aliphatic carbocycles. The molecule has 144 valence electrons. The van der Waals surface area contributed by atoms with Gasteiger partial charge in [-0.1, -0.05) is 30.3 Å². The minimum absolute atomic E-state index is 0.114. The van der Waals surface area contributed by atoms with Crippen molar-refractivity contribution in [2.45, 2.75) is 50.0 Å². The number of aromatic nitrogens is 1. The Hall–Kier alpha value is -2.60. The van der Waals surface area contributed by atoms with E-state index in [4.69, 9.17) is 4.42 Å². The van der Waals surface area contributed by atoms with Crippen LogP contribution in [0, 0.1) is 6.92 Å². The van der Waals surface area contributed by atoms with Crippen molar-refractivity contribution in [1.82, 2.24) is 4.98 Å². The SMILES string of the molecule is Cc1ccc(-c2cnc(C3CC3)o2)cc1S(=O)(=O)N1c2ccccc2C[C@H]1C. The van der Waals surface area contributed by atoms with E-state index in [2.05, 4.69) is 4.98 Å². The third-order valence-corrected chi connectivity index (χ3v) is 7.67. The maximum Gasteiger partial charge on any atom is 0.264 e. The van der Waals surface area contributed by atoms with Gasteiger partial charge in [-0.2, -0.15) is 0 Å². The summed E-state index contributed by atoms with van der Waals surface area (Å²) >= 11 is 0. The molecule has 0 unspecified atom stereocenters. The molecule has 2 aliphatic rings. The average Bonchev–Trinajstić information content (AvgIpc) is 3.29. The maximum absolute atomic E-state index is 13.6. The van der Waals surface area contributed by atoms with Gasteiger partial charge in [0.2, 0.25) is 0 Å². The second-order valence-corrected chi connectivity index (χ2v) is 9.58. The molecule has 28 heavy (non-hydrogen) atoms. The lowest BCUT2D eigenvalue weighted by molar-refractivity contribution is 0.509. The van der Waals surface area contributed by atoms with Crippen LogP contribution in [0.2, 0.25) is 0 Å². The second kappa shape index (κ2) is 6.21. The zero-order valence-electron chi connectivity index (χ0n) is 15.9. The number of rotatable bonds is 4. The third kappa shape index (κ3) is 2.75. The number of oxazole rings is 1. The molecule has 1 fully saturated rings. The highest BCUT2D eigenvalue weighted by Crippen LogP contribution is 2.41. The molecule has 0 bridgehead atoms. The Kier molecular flexibility index (Phi) is 3.88. The van der Waals surface area contributed by atoms with Crippen LogP contribution in [0.3, 0.4) is 0 Å². The molecule has 1 saturated carbocycles. The van der Waals surface area contributed by atoms with Crippen LogP contribution in [0.25, 0.3) is 11.3 Å². The van der Waals surface area contributed by atoms with Gasteiger partial charge < -0.3 is 4.42 Å². The van der Waals surface area contributed by atoms with E-state index in [-0.39, 0.29) is 6.04 Å². The molecule has 1 aliphatic heterocycles. The van der Waals surface area contributed by atoms with Crippen LogP contribution in [0.5, 0.6) is 0 Å². The van der Waals surface area contributed by atoms with Gasteiger partial charge in [-0.15, -0.1) is 0 Å². The van der Waals surface area contributed by atoms with E-state index in [0.717, 1.165) is 47.5 Å². The largest absolute Gasteiger partial charge is 0.440 e. The Labute approximate surface area is 165 Å². The van der Waals surface area contributed by atoms with Gasteiger partial charge in [0.1, 0.15) is 0 Å². The minimum atomic E-state index is -3.69. The molecule has 2 heterocycles. The fraction of sp³-hybridized carbons (Fsp3) is 0.318. The summed E-state index contributed by atoms with van der Waals surface area (Å²) in [4.78, 5) is 4.68. The minimum Gasteiger partial charge on any atom is -0.440 e. The molecule has 0 spiro atoms. The van der Waals surface area contributed by atoms with E-state index >= 15 is 0 Å². The summed E-state index contributed by atoms with van der Waals surface area (Å²) in [6, 6.07) is 13.1. The van der Waals surface area contributed by atoms with Gasteiger partial charge in [0.25, 0.3) is 10.0 Å². The zero-order chi connectivity index (χ0) is 19.5. The Morgan fingerprint density at radius 1 is 1.14 bits per heavy atom. The predicted octanol–water partition coefficient (Wildman–Crippen LogP) is 4.67. The highest BCUT2D eigenvalue weighted by atomic mass is 32.2. The first-order valence-electron chi connectivity index (χ1n) is 9.64. The molecule has 0 amide bonds. The molecule has 0 N–H and O–H groups in total. The van der Waals surface area contributed by atoms with E-state index in [1.807, 2.05) is 50.2 Å². The van der Waals surface area contributed by atoms with Crippen LogP contribution in [0.4, 0.5) is 5.69 Å². The fourth-order valence-electron chi connectivity index (χ4n) is 3.98. The van der Waals surface area contributed by atoms with Gasteiger partial charge in [-0.05, 0) is 56.4 Å².